The summed E-state index contributed by atoms with van der Waals surface area (Å²) in [6.45, 7) is 2.03. The Morgan fingerprint density at radius 2 is 2.14 bits per heavy atom. The largest absolute Gasteiger partial charge is 0.384 e. The van der Waals surface area contributed by atoms with Gasteiger partial charge in [0.05, 0.1) is 17.1 Å². The van der Waals surface area contributed by atoms with E-state index in [1.54, 1.807) is 6.92 Å². The maximum absolute atomic E-state index is 13.8. The number of rotatable bonds is 6. The summed E-state index contributed by atoms with van der Waals surface area (Å²) in [4.78, 5) is -0.132. The molecule has 21 heavy (non-hydrogen) atoms. The van der Waals surface area contributed by atoms with Crippen LogP contribution in [0.1, 0.15) is 12.5 Å². The Hall–Kier alpha value is -1.46. The van der Waals surface area contributed by atoms with Crippen molar-refractivity contribution in [3.8, 4) is 11.8 Å². The monoisotopic (exact) mass is 315 g/mol. The Balaban J connectivity index is 3.11. The van der Waals surface area contributed by atoms with Crippen LogP contribution >= 0.6 is 0 Å². The summed E-state index contributed by atoms with van der Waals surface area (Å²) in [5, 5.41) is 8.58. The molecule has 0 radical (unpaired) electrons. The third-order valence-corrected chi connectivity index (χ3v) is 4.75. The maximum Gasteiger partial charge on any atom is 0.243 e. The molecule has 0 fully saturated rings. The zero-order valence-electron chi connectivity index (χ0n) is 12.0. The number of hydrogen-bond donors (Lipinski definition) is 1. The van der Waals surface area contributed by atoms with Gasteiger partial charge in [-0.1, -0.05) is 18.8 Å². The van der Waals surface area contributed by atoms with E-state index in [1.807, 2.05) is 0 Å². The number of aliphatic hydroxyl groups is 1. The number of benzene rings is 1. The van der Waals surface area contributed by atoms with Crippen LogP contribution in [-0.2, 0) is 14.8 Å². The normalized spacial score (nSPS) is 11.3. The van der Waals surface area contributed by atoms with Gasteiger partial charge in [-0.05, 0) is 18.2 Å². The molecule has 0 unspecified atom stereocenters. The molecule has 0 saturated heterocycles. The molecule has 5 nitrogen and oxygen atoms in total. The molecule has 0 saturated carbocycles. The van der Waals surface area contributed by atoms with Crippen molar-refractivity contribution in [3.63, 3.8) is 0 Å². The lowest BCUT2D eigenvalue weighted by molar-refractivity contribution is 0.180. The molecule has 0 heterocycles. The standard InChI is InChI=1S/C14H18FNO4S/c1-3-16(8-10-20-2)21(18,19)13-7-6-12(5-4-9-17)14(15)11-13/h6-7,11,17H,3,8-10H2,1-2H3. The molecule has 0 bridgehead atoms. The van der Waals surface area contributed by atoms with Crippen LogP contribution in [0, 0.1) is 17.7 Å². The van der Waals surface area contributed by atoms with E-state index in [0.29, 0.717) is 0 Å². The van der Waals surface area contributed by atoms with Gasteiger partial charge in [-0.3, -0.25) is 0 Å². The molecule has 0 atom stereocenters. The van der Waals surface area contributed by atoms with E-state index >= 15 is 0 Å². The molecule has 0 aliphatic carbocycles. The van der Waals surface area contributed by atoms with Crippen LogP contribution < -0.4 is 0 Å². The van der Waals surface area contributed by atoms with Crippen molar-refractivity contribution in [3.05, 3.63) is 29.6 Å². The third-order valence-electron chi connectivity index (χ3n) is 2.78. The number of nitrogens with zero attached hydrogens (tertiary/aromatic N) is 1. The molecule has 0 spiro atoms. The van der Waals surface area contributed by atoms with Crippen molar-refractivity contribution in [2.24, 2.45) is 0 Å². The smallest absolute Gasteiger partial charge is 0.243 e. The summed E-state index contributed by atoms with van der Waals surface area (Å²) in [6.07, 6.45) is 0. The molecule has 0 aliphatic rings. The van der Waals surface area contributed by atoms with Crippen LogP contribution in [0.2, 0.25) is 0 Å². The summed E-state index contributed by atoms with van der Waals surface area (Å²) < 4.78 is 44.7. The highest BCUT2D eigenvalue weighted by Crippen LogP contribution is 2.18. The number of halogens is 1. The summed E-state index contributed by atoms with van der Waals surface area (Å²) in [7, 11) is -2.29. The summed E-state index contributed by atoms with van der Waals surface area (Å²) in [5.41, 5.74) is 0.0444. The van der Waals surface area contributed by atoms with Crippen LogP contribution in [0.4, 0.5) is 4.39 Å². The first-order valence-electron chi connectivity index (χ1n) is 6.35. The maximum atomic E-state index is 13.8. The first-order chi connectivity index (χ1) is 9.97. The number of ether oxygens (including phenoxy) is 1. The van der Waals surface area contributed by atoms with Crippen molar-refractivity contribution >= 4 is 10.0 Å². The van der Waals surface area contributed by atoms with Crippen molar-refractivity contribution < 1.29 is 22.7 Å². The van der Waals surface area contributed by atoms with Crippen molar-refractivity contribution in [2.75, 3.05) is 33.4 Å². The molecule has 7 heteroatoms. The Morgan fingerprint density at radius 3 is 2.67 bits per heavy atom. The second kappa shape index (κ2) is 8.10. The third kappa shape index (κ3) is 4.51. The summed E-state index contributed by atoms with van der Waals surface area (Å²) in [6, 6.07) is 3.52. The average Bonchev–Trinajstić information content (AvgIpc) is 2.46. The lowest BCUT2D eigenvalue weighted by atomic mass is 10.2. The van der Waals surface area contributed by atoms with E-state index < -0.39 is 15.8 Å². The fourth-order valence-corrected chi connectivity index (χ4v) is 3.13. The highest BCUT2D eigenvalue weighted by Gasteiger charge is 2.23. The second-order valence-corrected chi connectivity index (χ2v) is 6.03. The Bertz CT molecular complexity index is 634. The van der Waals surface area contributed by atoms with Gasteiger partial charge in [-0.2, -0.15) is 4.31 Å². The van der Waals surface area contributed by atoms with Crippen LogP contribution in [-0.4, -0.2) is 51.2 Å². The van der Waals surface area contributed by atoms with Crippen molar-refractivity contribution in [1.29, 1.82) is 0 Å². The topological polar surface area (TPSA) is 66.8 Å². The first kappa shape index (κ1) is 17.6. The van der Waals surface area contributed by atoms with Gasteiger partial charge in [0.2, 0.25) is 10.0 Å². The van der Waals surface area contributed by atoms with Crippen LogP contribution in [0.5, 0.6) is 0 Å². The highest BCUT2D eigenvalue weighted by atomic mass is 32.2. The lowest BCUT2D eigenvalue weighted by Crippen LogP contribution is -2.33. The van der Waals surface area contributed by atoms with Crippen LogP contribution in [0.15, 0.2) is 23.1 Å². The van der Waals surface area contributed by atoms with Crippen LogP contribution in [0.3, 0.4) is 0 Å². The molecular formula is C14H18FNO4S. The molecule has 0 aromatic heterocycles. The number of likely N-dealkylation sites (N-methyl/N-ethyl adjacent to an activating group) is 1. The van der Waals surface area contributed by atoms with Gasteiger partial charge in [-0.15, -0.1) is 0 Å². The van der Waals surface area contributed by atoms with Crippen molar-refractivity contribution in [1.82, 2.24) is 4.31 Å². The fourth-order valence-electron chi connectivity index (χ4n) is 1.68. The quantitative estimate of drug-likeness (QED) is 0.790. The van der Waals surface area contributed by atoms with E-state index in [2.05, 4.69) is 11.8 Å². The first-order valence-corrected chi connectivity index (χ1v) is 7.79. The van der Waals surface area contributed by atoms with E-state index in [1.165, 1.54) is 23.5 Å². The average molecular weight is 315 g/mol. The Kier molecular flexibility index (Phi) is 6.78. The molecule has 0 amide bonds. The molecule has 116 valence electrons. The number of sulfonamides is 1. The Morgan fingerprint density at radius 1 is 1.43 bits per heavy atom. The predicted molar refractivity (Wildman–Crippen MR) is 76.7 cm³/mol. The highest BCUT2D eigenvalue weighted by molar-refractivity contribution is 7.89. The fraction of sp³-hybridized carbons (Fsp3) is 0.429. The van der Waals surface area contributed by atoms with Gasteiger partial charge in [0.15, 0.2) is 0 Å². The molecular weight excluding hydrogens is 297 g/mol. The SMILES string of the molecule is CCN(CCOC)S(=O)(=O)c1ccc(C#CCO)c(F)c1. The van der Waals surface area contributed by atoms with Crippen LogP contribution in [0.25, 0.3) is 0 Å². The lowest BCUT2D eigenvalue weighted by Gasteiger charge is -2.20. The minimum atomic E-state index is -3.77. The summed E-state index contributed by atoms with van der Waals surface area (Å²) in [5.74, 6) is 3.99. The molecule has 1 aromatic rings. The molecule has 1 N–H and O–H groups in total. The minimum Gasteiger partial charge on any atom is -0.384 e. The van der Waals surface area contributed by atoms with Gasteiger partial charge in [-0.25, -0.2) is 12.8 Å². The number of hydrogen-bond acceptors (Lipinski definition) is 4. The number of aliphatic hydroxyl groups excluding tert-OH is 1. The van der Waals surface area contributed by atoms with Gasteiger partial charge in [0.1, 0.15) is 12.4 Å². The van der Waals surface area contributed by atoms with Gasteiger partial charge < -0.3 is 9.84 Å². The van der Waals surface area contributed by atoms with Crippen molar-refractivity contribution in [2.45, 2.75) is 11.8 Å². The Labute approximate surface area is 124 Å². The molecule has 1 aromatic carbocycles. The van der Waals surface area contributed by atoms with E-state index in [-0.39, 0.29) is 36.8 Å². The second-order valence-electron chi connectivity index (χ2n) is 4.09. The van der Waals surface area contributed by atoms with E-state index in [9.17, 15) is 12.8 Å². The van der Waals surface area contributed by atoms with Gasteiger partial charge in [0, 0.05) is 20.2 Å². The van der Waals surface area contributed by atoms with Gasteiger partial charge >= 0.3 is 0 Å². The molecule has 1 rings (SSSR count). The summed E-state index contributed by atoms with van der Waals surface area (Å²) >= 11 is 0. The predicted octanol–water partition coefficient (Wildman–Crippen LogP) is 0.827. The molecule has 0 aliphatic heterocycles. The zero-order valence-corrected chi connectivity index (χ0v) is 12.8. The van der Waals surface area contributed by atoms with Gasteiger partial charge in [0.25, 0.3) is 0 Å². The minimum absolute atomic E-state index is 0.0444. The van der Waals surface area contributed by atoms with E-state index in [0.717, 1.165) is 6.07 Å². The van der Waals surface area contributed by atoms with E-state index in [4.69, 9.17) is 9.84 Å². The zero-order chi connectivity index (χ0) is 15.9. The number of methoxy groups -OCH3 is 1.